The predicted octanol–water partition coefficient (Wildman–Crippen LogP) is -0.483. The van der Waals surface area contributed by atoms with Crippen molar-refractivity contribution in [2.45, 2.75) is 26.0 Å². The summed E-state index contributed by atoms with van der Waals surface area (Å²) in [6.45, 7) is 8.65. The van der Waals surface area contributed by atoms with Crippen LogP contribution in [0.15, 0.2) is 21.5 Å². The van der Waals surface area contributed by atoms with Gasteiger partial charge in [-0.1, -0.05) is 0 Å². The standard InChI is InChI=1S/C17H29N5O4/c1-3-19-16(20-10-13-4-5-14(26-13)15(18)23)21-11-17(2,24)12-22-6-8-25-9-7-22/h4-5,24H,3,6-12H2,1-2H3,(H2,18,23)(H2,19,20,21). The number of nitrogens with zero attached hydrogens (tertiary/aromatic N) is 2. The first kappa shape index (κ1) is 20.2. The van der Waals surface area contributed by atoms with Crippen molar-refractivity contribution in [3.8, 4) is 0 Å². The molecule has 9 heteroatoms. The van der Waals surface area contributed by atoms with E-state index < -0.39 is 11.5 Å². The SMILES string of the molecule is CCNC(=NCc1ccc(C(N)=O)o1)NCC(C)(O)CN1CCOCC1. The van der Waals surface area contributed by atoms with Crippen molar-refractivity contribution in [1.82, 2.24) is 15.5 Å². The Balaban J connectivity index is 1.87. The van der Waals surface area contributed by atoms with E-state index in [4.69, 9.17) is 14.9 Å². The highest BCUT2D eigenvalue weighted by Gasteiger charge is 2.25. The van der Waals surface area contributed by atoms with Gasteiger partial charge in [-0.3, -0.25) is 9.69 Å². The molecule has 1 aliphatic heterocycles. The van der Waals surface area contributed by atoms with Crippen LogP contribution in [0.5, 0.6) is 0 Å². The van der Waals surface area contributed by atoms with E-state index in [9.17, 15) is 9.90 Å². The molecule has 1 amide bonds. The normalized spacial score (nSPS) is 18.3. The third-order valence-electron chi connectivity index (χ3n) is 3.95. The largest absolute Gasteiger partial charge is 0.454 e. The maximum atomic E-state index is 11.1. The average Bonchev–Trinajstić information content (AvgIpc) is 3.07. The van der Waals surface area contributed by atoms with Gasteiger partial charge in [-0.15, -0.1) is 0 Å². The smallest absolute Gasteiger partial charge is 0.284 e. The number of guanidine groups is 1. The molecule has 1 saturated heterocycles. The van der Waals surface area contributed by atoms with Crippen LogP contribution in [-0.2, 0) is 11.3 Å². The van der Waals surface area contributed by atoms with E-state index in [1.165, 1.54) is 6.07 Å². The summed E-state index contributed by atoms with van der Waals surface area (Å²) in [7, 11) is 0. The first-order valence-corrected chi connectivity index (χ1v) is 8.83. The molecule has 1 aromatic heterocycles. The van der Waals surface area contributed by atoms with E-state index in [0.29, 0.717) is 44.6 Å². The summed E-state index contributed by atoms with van der Waals surface area (Å²) in [6.07, 6.45) is 0. The number of rotatable bonds is 8. The molecule has 0 aromatic carbocycles. The van der Waals surface area contributed by atoms with Crippen molar-refractivity contribution in [3.05, 3.63) is 23.7 Å². The quantitative estimate of drug-likeness (QED) is 0.361. The highest BCUT2D eigenvalue weighted by molar-refractivity contribution is 5.89. The molecule has 5 N–H and O–H groups in total. The molecule has 0 saturated carbocycles. The van der Waals surface area contributed by atoms with Gasteiger partial charge < -0.3 is 30.6 Å². The first-order chi connectivity index (χ1) is 12.4. The molecule has 0 spiro atoms. The first-order valence-electron chi connectivity index (χ1n) is 8.83. The molecule has 1 unspecified atom stereocenters. The number of amides is 1. The number of morpholine rings is 1. The second-order valence-corrected chi connectivity index (χ2v) is 6.56. The molecule has 1 aliphatic rings. The Morgan fingerprint density at radius 1 is 1.38 bits per heavy atom. The molecule has 0 bridgehead atoms. The van der Waals surface area contributed by atoms with Gasteiger partial charge in [-0.2, -0.15) is 0 Å². The number of aliphatic imine (C=N–C) groups is 1. The van der Waals surface area contributed by atoms with Crippen LogP contribution in [0.1, 0.15) is 30.2 Å². The van der Waals surface area contributed by atoms with Gasteiger partial charge in [0.15, 0.2) is 11.7 Å². The van der Waals surface area contributed by atoms with Crippen LogP contribution in [0, 0.1) is 0 Å². The van der Waals surface area contributed by atoms with Crippen molar-refractivity contribution >= 4 is 11.9 Å². The van der Waals surface area contributed by atoms with Crippen LogP contribution in [0.3, 0.4) is 0 Å². The highest BCUT2D eigenvalue weighted by Crippen LogP contribution is 2.09. The van der Waals surface area contributed by atoms with Crippen molar-refractivity contribution in [3.63, 3.8) is 0 Å². The van der Waals surface area contributed by atoms with E-state index in [2.05, 4.69) is 20.5 Å². The maximum absolute atomic E-state index is 11.1. The fourth-order valence-corrected chi connectivity index (χ4v) is 2.67. The number of hydrogen-bond donors (Lipinski definition) is 4. The Morgan fingerprint density at radius 3 is 2.73 bits per heavy atom. The molecule has 1 fully saturated rings. The van der Waals surface area contributed by atoms with Gasteiger partial charge in [0.25, 0.3) is 5.91 Å². The zero-order valence-electron chi connectivity index (χ0n) is 15.5. The fourth-order valence-electron chi connectivity index (χ4n) is 2.67. The van der Waals surface area contributed by atoms with Gasteiger partial charge in [0.2, 0.25) is 0 Å². The van der Waals surface area contributed by atoms with E-state index in [1.54, 1.807) is 13.0 Å². The summed E-state index contributed by atoms with van der Waals surface area (Å²) in [5.41, 5.74) is 4.26. The predicted molar refractivity (Wildman–Crippen MR) is 97.9 cm³/mol. The number of aliphatic hydroxyl groups is 1. The highest BCUT2D eigenvalue weighted by atomic mass is 16.5. The zero-order chi connectivity index (χ0) is 19.0. The van der Waals surface area contributed by atoms with Crippen LogP contribution in [-0.4, -0.2) is 73.4 Å². The zero-order valence-corrected chi connectivity index (χ0v) is 15.5. The minimum absolute atomic E-state index is 0.113. The Morgan fingerprint density at radius 2 is 2.12 bits per heavy atom. The lowest BCUT2D eigenvalue weighted by Gasteiger charge is -2.34. The lowest BCUT2D eigenvalue weighted by Crippen LogP contribution is -2.52. The van der Waals surface area contributed by atoms with Gasteiger partial charge in [-0.05, 0) is 26.0 Å². The van der Waals surface area contributed by atoms with Gasteiger partial charge in [0.05, 0.1) is 18.8 Å². The topological polar surface area (TPSA) is 125 Å². The van der Waals surface area contributed by atoms with Crippen LogP contribution >= 0.6 is 0 Å². The molecule has 2 rings (SSSR count). The number of carbonyl (C=O) groups is 1. The maximum Gasteiger partial charge on any atom is 0.284 e. The van der Waals surface area contributed by atoms with Gasteiger partial charge in [-0.25, -0.2) is 4.99 Å². The van der Waals surface area contributed by atoms with E-state index in [0.717, 1.165) is 13.1 Å². The minimum Gasteiger partial charge on any atom is -0.454 e. The van der Waals surface area contributed by atoms with Crippen LogP contribution in [0.2, 0.25) is 0 Å². The molecule has 26 heavy (non-hydrogen) atoms. The van der Waals surface area contributed by atoms with Gasteiger partial charge in [0.1, 0.15) is 12.3 Å². The number of hydrogen-bond acceptors (Lipinski definition) is 6. The van der Waals surface area contributed by atoms with E-state index in [-0.39, 0.29) is 12.3 Å². The van der Waals surface area contributed by atoms with Crippen molar-refractivity contribution < 1.29 is 19.1 Å². The molecule has 0 radical (unpaired) electrons. The van der Waals surface area contributed by atoms with E-state index >= 15 is 0 Å². The Bertz CT molecular complexity index is 608. The number of primary amides is 1. The third kappa shape index (κ3) is 6.66. The molecule has 146 valence electrons. The Labute approximate surface area is 153 Å². The molecular weight excluding hydrogens is 338 g/mol. The number of carbonyl (C=O) groups excluding carboxylic acids is 1. The number of β-amino-alcohol motifs (C(OH)–C–C–N with tert-alkyl or cyclic N) is 1. The Kier molecular flexibility index (Phi) is 7.43. The van der Waals surface area contributed by atoms with Crippen LogP contribution < -0.4 is 16.4 Å². The molecule has 1 aromatic rings. The third-order valence-corrected chi connectivity index (χ3v) is 3.95. The number of furan rings is 1. The summed E-state index contributed by atoms with van der Waals surface area (Å²) in [5.74, 6) is 0.605. The van der Waals surface area contributed by atoms with Gasteiger partial charge in [0, 0.05) is 32.7 Å². The summed E-state index contributed by atoms with van der Waals surface area (Å²) < 4.78 is 10.6. The molecular formula is C17H29N5O4. The number of nitrogens with two attached hydrogens (primary N) is 1. The lowest BCUT2D eigenvalue weighted by atomic mass is 10.1. The summed E-state index contributed by atoms with van der Waals surface area (Å²) in [4.78, 5) is 17.7. The van der Waals surface area contributed by atoms with Crippen LogP contribution in [0.25, 0.3) is 0 Å². The monoisotopic (exact) mass is 367 g/mol. The molecule has 0 aliphatic carbocycles. The van der Waals surface area contributed by atoms with E-state index in [1.807, 2.05) is 6.92 Å². The Hall–Kier alpha value is -2.10. The van der Waals surface area contributed by atoms with Gasteiger partial charge >= 0.3 is 0 Å². The lowest BCUT2D eigenvalue weighted by molar-refractivity contribution is -0.0201. The summed E-state index contributed by atoms with van der Waals surface area (Å²) >= 11 is 0. The second kappa shape index (κ2) is 9.56. The second-order valence-electron chi connectivity index (χ2n) is 6.56. The van der Waals surface area contributed by atoms with Crippen LogP contribution in [0.4, 0.5) is 0 Å². The average molecular weight is 367 g/mol. The van der Waals surface area contributed by atoms with Crippen molar-refractivity contribution in [1.29, 1.82) is 0 Å². The fraction of sp³-hybridized carbons (Fsp3) is 0.647. The van der Waals surface area contributed by atoms with Crippen molar-refractivity contribution in [2.24, 2.45) is 10.7 Å². The molecule has 9 nitrogen and oxygen atoms in total. The number of nitrogens with one attached hydrogen (secondary N) is 2. The molecule has 2 heterocycles. The van der Waals surface area contributed by atoms with Crippen molar-refractivity contribution in [2.75, 3.05) is 45.9 Å². The number of ether oxygens (including phenoxy) is 1. The summed E-state index contributed by atoms with van der Waals surface area (Å²) in [5, 5.41) is 16.9. The minimum atomic E-state index is -0.905. The summed E-state index contributed by atoms with van der Waals surface area (Å²) in [6, 6.07) is 3.20. The molecule has 1 atom stereocenters.